The Morgan fingerprint density at radius 3 is 1.33 bits per heavy atom. The third kappa shape index (κ3) is 53.2. The van der Waals surface area contributed by atoms with Crippen LogP contribution < -0.4 is 32.7 Å². The predicted octanol–water partition coefficient (Wildman–Crippen LogP) is -5.63. The number of hydrogen-bond donors (Lipinski definition) is 0. The molecule has 0 amide bonds. The minimum absolute atomic E-state index is 0. The molecule has 0 aromatic heterocycles. The van der Waals surface area contributed by atoms with Gasteiger partial charge < -0.3 is 5.48 Å². The van der Waals surface area contributed by atoms with Crippen molar-refractivity contribution in [3.8, 4) is 0 Å². The van der Waals surface area contributed by atoms with Crippen LogP contribution in [0.4, 0.5) is 0 Å². The van der Waals surface area contributed by atoms with Crippen LogP contribution in [0.5, 0.6) is 0 Å². The van der Waals surface area contributed by atoms with E-state index in [1.54, 1.807) is 0 Å². The van der Waals surface area contributed by atoms with Crippen molar-refractivity contribution in [3.05, 3.63) is 0 Å². The second-order valence-corrected chi connectivity index (χ2v) is 1.96. The average Bonchev–Trinajstić information content (AvgIpc) is 0.811. The maximum atomic E-state index is 8.62. The van der Waals surface area contributed by atoms with Crippen LogP contribution in [0.25, 0.3) is 0 Å². The summed E-state index contributed by atoms with van der Waals surface area (Å²) in [6.45, 7) is 0. The van der Waals surface area contributed by atoms with Gasteiger partial charge in [0.15, 0.2) is 0 Å². The third-order valence-corrected chi connectivity index (χ3v) is 0. The first-order chi connectivity index (χ1) is 1.73. The van der Waals surface area contributed by atoms with Crippen molar-refractivity contribution in [2.45, 2.75) is 0 Å². The molecule has 6 heavy (non-hydrogen) atoms. The van der Waals surface area contributed by atoms with Crippen molar-refractivity contribution in [2.75, 3.05) is 0 Å². The van der Waals surface area contributed by atoms with Crippen molar-refractivity contribution in [3.63, 3.8) is 0 Å². The molecule has 0 saturated heterocycles. The second kappa shape index (κ2) is 9.64. The Bertz CT molecular complexity index is 55.9. The first kappa shape index (κ1) is 15.7. The average molecular weight is 298 g/mol. The Labute approximate surface area is 65.3 Å². The van der Waals surface area contributed by atoms with E-state index in [0.717, 1.165) is 0 Å². The van der Waals surface area contributed by atoms with Crippen LogP contribution in [0, 0.1) is 0 Å². The molecule has 0 aromatic carbocycles. The Morgan fingerprint density at radius 2 is 1.33 bits per heavy atom. The molecule has 6 heteroatoms. The number of rotatable bonds is 0. The molecule has 32 valence electrons. The molecule has 0 fully saturated rings. The van der Waals surface area contributed by atoms with E-state index in [-0.39, 0.29) is 35.0 Å². The zero-order valence-corrected chi connectivity index (χ0v) is 8.65. The topological polar surface area (TPSA) is 88.7 Å². The van der Waals surface area contributed by atoms with E-state index in [9.17, 15) is 0 Å². The Morgan fingerprint density at radius 1 is 1.33 bits per heavy atom. The SMILES string of the molecule is O.[Na+].[O]=[Bi](=[O])[O-]. The minimum atomic E-state index is -4.34. The fourth-order valence-corrected chi connectivity index (χ4v) is 0. The molecule has 0 unspecified atom stereocenters. The quantitative estimate of drug-likeness (QED) is 0.418. The van der Waals surface area contributed by atoms with Crippen molar-refractivity contribution in [2.24, 2.45) is 0 Å². The predicted molar refractivity (Wildman–Crippen MR) is 10.7 cm³/mol. The summed E-state index contributed by atoms with van der Waals surface area (Å²) in [7, 11) is 0. The van der Waals surface area contributed by atoms with Gasteiger partial charge in [-0.15, -0.1) is 0 Å². The summed E-state index contributed by atoms with van der Waals surface area (Å²) >= 11 is -4.34. The molecule has 0 aliphatic rings. The Kier molecular flexibility index (Phi) is 25.2. The Balaban J connectivity index is -0.0000000450. The fraction of sp³-hybridized carbons (Fsp3) is 0. The van der Waals surface area contributed by atoms with Crippen molar-refractivity contribution in [1.82, 2.24) is 0 Å². The van der Waals surface area contributed by atoms with E-state index in [0.29, 0.717) is 0 Å². The van der Waals surface area contributed by atoms with E-state index in [1.807, 2.05) is 0 Å². The van der Waals surface area contributed by atoms with Crippen LogP contribution in [-0.4, -0.2) is 27.7 Å². The molecular weight excluding hydrogens is 296 g/mol. The van der Waals surface area contributed by atoms with Gasteiger partial charge in [0.2, 0.25) is 0 Å². The van der Waals surface area contributed by atoms with E-state index >= 15 is 0 Å². The molecule has 0 saturated carbocycles. The van der Waals surface area contributed by atoms with Gasteiger partial charge in [-0.2, -0.15) is 0 Å². The van der Waals surface area contributed by atoms with E-state index in [4.69, 9.17) is 8.81 Å². The molecular formula is H2BiNaO4. The fourth-order valence-electron chi connectivity index (χ4n) is 0. The standard InChI is InChI=1S/Bi.Na.H2O.3O/h;;1H2;;;/q;+1;;;;-1. The van der Waals surface area contributed by atoms with Crippen LogP contribution in [-0.2, 0) is 5.63 Å². The molecule has 0 heterocycles. The number of hydrogen-bond acceptors (Lipinski definition) is 3. The van der Waals surface area contributed by atoms with Gasteiger partial charge in [0.1, 0.15) is 0 Å². The molecule has 0 aliphatic heterocycles. The molecule has 0 aliphatic carbocycles. The summed E-state index contributed by atoms with van der Waals surface area (Å²) in [5.41, 5.74) is 0. The second-order valence-electron chi connectivity index (χ2n) is 0.224. The van der Waals surface area contributed by atoms with E-state index in [2.05, 4.69) is 0 Å². The van der Waals surface area contributed by atoms with Gasteiger partial charge in [-0.25, -0.2) is 0 Å². The van der Waals surface area contributed by atoms with Gasteiger partial charge in [-0.05, 0) is 0 Å². The van der Waals surface area contributed by atoms with Crippen molar-refractivity contribution >= 4 is 22.2 Å². The molecule has 0 rings (SSSR count). The van der Waals surface area contributed by atoms with Crippen LogP contribution in [0.15, 0.2) is 0 Å². The summed E-state index contributed by atoms with van der Waals surface area (Å²) in [5.74, 6) is 0. The molecule has 0 aromatic rings. The van der Waals surface area contributed by atoms with E-state index < -0.39 is 22.2 Å². The maximum absolute atomic E-state index is 8.62. The van der Waals surface area contributed by atoms with Gasteiger partial charge >= 0.3 is 60.6 Å². The van der Waals surface area contributed by atoms with Gasteiger partial charge in [0, 0.05) is 0 Å². The molecule has 0 radical (unpaired) electrons. The van der Waals surface area contributed by atoms with Crippen molar-refractivity contribution in [1.29, 1.82) is 0 Å². The van der Waals surface area contributed by atoms with Crippen molar-refractivity contribution < 1.29 is 43.8 Å². The molecule has 0 atom stereocenters. The summed E-state index contributed by atoms with van der Waals surface area (Å²) < 4.78 is 25.9. The first-order valence-corrected chi connectivity index (χ1v) is 4.81. The Hall–Kier alpha value is 1.40. The molecule has 0 spiro atoms. The monoisotopic (exact) mass is 298 g/mol. The zero-order chi connectivity index (χ0) is 3.58. The summed E-state index contributed by atoms with van der Waals surface area (Å²) in [4.78, 5) is 0. The summed E-state index contributed by atoms with van der Waals surface area (Å²) in [6, 6.07) is 0. The third-order valence-electron chi connectivity index (χ3n) is 0. The molecule has 4 nitrogen and oxygen atoms in total. The summed E-state index contributed by atoms with van der Waals surface area (Å²) in [5, 5.41) is 0. The normalized spacial score (nSPS) is 4.17. The molecule has 2 N–H and O–H groups in total. The molecule has 0 bridgehead atoms. The van der Waals surface area contributed by atoms with Crippen LogP contribution in [0.1, 0.15) is 0 Å². The summed E-state index contributed by atoms with van der Waals surface area (Å²) in [6.07, 6.45) is 0. The van der Waals surface area contributed by atoms with Crippen LogP contribution in [0.2, 0.25) is 0 Å². The van der Waals surface area contributed by atoms with Gasteiger partial charge in [-0.1, -0.05) is 0 Å². The van der Waals surface area contributed by atoms with Gasteiger partial charge in [0.05, 0.1) is 0 Å². The van der Waals surface area contributed by atoms with Crippen LogP contribution >= 0.6 is 0 Å². The van der Waals surface area contributed by atoms with Crippen LogP contribution in [0.3, 0.4) is 0 Å². The van der Waals surface area contributed by atoms with E-state index in [1.165, 1.54) is 0 Å². The van der Waals surface area contributed by atoms with Gasteiger partial charge in [0.25, 0.3) is 0 Å². The van der Waals surface area contributed by atoms with Gasteiger partial charge in [-0.3, -0.25) is 0 Å². The zero-order valence-electron chi connectivity index (χ0n) is 3.17. The first-order valence-electron chi connectivity index (χ1n) is 0.548.